The number of hydrogen-bond acceptors (Lipinski definition) is 5. The van der Waals surface area contributed by atoms with Crippen molar-refractivity contribution >= 4 is 23.4 Å². The van der Waals surface area contributed by atoms with Gasteiger partial charge in [0, 0.05) is 47.9 Å². The van der Waals surface area contributed by atoms with Crippen LogP contribution in [0.4, 0.5) is 10.6 Å². The van der Waals surface area contributed by atoms with Gasteiger partial charge in [-0.3, -0.25) is 10.3 Å². The van der Waals surface area contributed by atoms with E-state index in [1.807, 2.05) is 31.2 Å². The predicted octanol–water partition coefficient (Wildman–Crippen LogP) is 4.62. The summed E-state index contributed by atoms with van der Waals surface area (Å²) in [6.45, 7) is 2.35. The molecule has 2 aromatic heterocycles. The second-order valence-electron chi connectivity index (χ2n) is 6.07. The lowest BCUT2D eigenvalue weighted by Crippen LogP contribution is -2.28. The number of methoxy groups -OCH3 is 2. The van der Waals surface area contributed by atoms with Crippen LogP contribution in [0.3, 0.4) is 0 Å². The first-order valence-electron chi connectivity index (χ1n) is 8.94. The van der Waals surface area contributed by atoms with Gasteiger partial charge in [-0.25, -0.2) is 9.78 Å². The molecule has 2 heterocycles. The molecule has 3 rings (SSSR count). The predicted molar refractivity (Wildman–Crippen MR) is 114 cm³/mol. The van der Waals surface area contributed by atoms with Crippen molar-refractivity contribution in [2.24, 2.45) is 0 Å². The number of amides is 2. The van der Waals surface area contributed by atoms with Crippen LogP contribution >= 0.6 is 11.6 Å². The van der Waals surface area contributed by atoms with Gasteiger partial charge in [-0.2, -0.15) is 0 Å². The molecule has 0 fully saturated rings. The molecule has 2 amide bonds. The third-order valence-corrected chi connectivity index (χ3v) is 4.51. The Bertz CT molecular complexity index is 1030. The summed E-state index contributed by atoms with van der Waals surface area (Å²) < 4.78 is 10.7. The molecule has 0 saturated carbocycles. The van der Waals surface area contributed by atoms with Gasteiger partial charge in [0.25, 0.3) is 0 Å². The molecule has 0 atom stereocenters. The minimum atomic E-state index is -0.332. The van der Waals surface area contributed by atoms with Crippen LogP contribution in [0.5, 0.6) is 11.5 Å². The summed E-state index contributed by atoms with van der Waals surface area (Å²) in [4.78, 5) is 20.2. The Labute approximate surface area is 174 Å². The first-order chi connectivity index (χ1) is 14.0. The largest absolute Gasteiger partial charge is 0.493 e. The number of ether oxygens (including phenoxy) is 2. The van der Waals surface area contributed by atoms with E-state index in [0.717, 1.165) is 16.7 Å². The number of nitrogens with one attached hydrogen (secondary N) is 2. The van der Waals surface area contributed by atoms with Crippen LogP contribution < -0.4 is 20.1 Å². The molecule has 0 radical (unpaired) electrons. The molecule has 0 spiro atoms. The van der Waals surface area contributed by atoms with E-state index < -0.39 is 0 Å². The number of carbonyl (C=O) groups is 1. The minimum Gasteiger partial charge on any atom is -0.493 e. The maximum atomic E-state index is 11.6. The van der Waals surface area contributed by atoms with Crippen LogP contribution in [0.1, 0.15) is 6.92 Å². The highest BCUT2D eigenvalue weighted by Crippen LogP contribution is 2.34. The molecule has 0 aliphatic carbocycles. The van der Waals surface area contributed by atoms with Gasteiger partial charge in [-0.05, 0) is 30.7 Å². The SMILES string of the molecule is CCNC(=O)Nc1cc(Cl)c(-c2cncc(-c3ccc(OC)c(OC)c3)c2)cn1. The number of aromatic nitrogens is 2. The van der Waals surface area contributed by atoms with E-state index in [0.29, 0.717) is 34.4 Å². The standard InChI is InChI=1S/C21H21ClN4O3/c1-4-24-21(27)26-20-9-17(22)16(12-25-20)15-7-14(10-23-11-15)13-5-6-18(28-2)19(8-13)29-3/h5-12H,4H2,1-3H3,(H2,24,25,26,27). The quantitative estimate of drug-likeness (QED) is 0.616. The average Bonchev–Trinajstić information content (AvgIpc) is 2.73. The molecular weight excluding hydrogens is 392 g/mol. The fourth-order valence-corrected chi connectivity index (χ4v) is 3.05. The van der Waals surface area contributed by atoms with Gasteiger partial charge in [-0.1, -0.05) is 17.7 Å². The number of halogens is 1. The van der Waals surface area contributed by atoms with Crippen molar-refractivity contribution < 1.29 is 14.3 Å². The highest BCUT2D eigenvalue weighted by atomic mass is 35.5. The summed E-state index contributed by atoms with van der Waals surface area (Å²) in [5.41, 5.74) is 3.34. The fourth-order valence-electron chi connectivity index (χ4n) is 2.79. The topological polar surface area (TPSA) is 85.4 Å². The van der Waals surface area contributed by atoms with Crippen LogP contribution in [0, 0.1) is 0 Å². The van der Waals surface area contributed by atoms with Gasteiger partial charge >= 0.3 is 6.03 Å². The number of urea groups is 1. The van der Waals surface area contributed by atoms with Crippen molar-refractivity contribution in [2.75, 3.05) is 26.1 Å². The molecule has 8 heteroatoms. The zero-order valence-corrected chi connectivity index (χ0v) is 17.1. The molecule has 0 aliphatic rings. The Morgan fingerprint density at radius 1 is 1.00 bits per heavy atom. The highest BCUT2D eigenvalue weighted by molar-refractivity contribution is 6.33. The van der Waals surface area contributed by atoms with Crippen LogP contribution in [0.2, 0.25) is 5.02 Å². The van der Waals surface area contributed by atoms with Gasteiger partial charge < -0.3 is 14.8 Å². The molecular formula is C21H21ClN4O3. The molecule has 0 aliphatic heterocycles. The van der Waals surface area contributed by atoms with Crippen LogP contribution in [0.15, 0.2) is 48.9 Å². The fraction of sp³-hybridized carbons (Fsp3) is 0.190. The Kier molecular flexibility index (Phi) is 6.51. The van der Waals surface area contributed by atoms with E-state index in [1.54, 1.807) is 38.9 Å². The summed E-state index contributed by atoms with van der Waals surface area (Å²) in [7, 11) is 3.19. The summed E-state index contributed by atoms with van der Waals surface area (Å²) in [5, 5.41) is 5.73. The molecule has 150 valence electrons. The number of nitrogens with zero attached hydrogens (tertiary/aromatic N) is 2. The molecule has 2 N–H and O–H groups in total. The van der Waals surface area contributed by atoms with Crippen molar-refractivity contribution in [3.8, 4) is 33.8 Å². The number of benzene rings is 1. The van der Waals surface area contributed by atoms with Crippen molar-refractivity contribution in [3.63, 3.8) is 0 Å². The van der Waals surface area contributed by atoms with E-state index in [4.69, 9.17) is 21.1 Å². The lowest BCUT2D eigenvalue weighted by Gasteiger charge is -2.11. The molecule has 7 nitrogen and oxygen atoms in total. The van der Waals surface area contributed by atoms with E-state index in [9.17, 15) is 4.79 Å². The number of rotatable bonds is 6. The summed E-state index contributed by atoms with van der Waals surface area (Å²) in [6.07, 6.45) is 5.08. The normalized spacial score (nSPS) is 10.3. The third kappa shape index (κ3) is 4.75. The number of hydrogen-bond donors (Lipinski definition) is 2. The third-order valence-electron chi connectivity index (χ3n) is 4.20. The van der Waals surface area contributed by atoms with Crippen molar-refractivity contribution in [3.05, 3.63) is 53.9 Å². The van der Waals surface area contributed by atoms with Gasteiger partial charge in [-0.15, -0.1) is 0 Å². The van der Waals surface area contributed by atoms with Crippen molar-refractivity contribution in [1.82, 2.24) is 15.3 Å². The van der Waals surface area contributed by atoms with Crippen LogP contribution in [-0.4, -0.2) is 36.8 Å². The van der Waals surface area contributed by atoms with Crippen LogP contribution in [0.25, 0.3) is 22.3 Å². The second kappa shape index (κ2) is 9.25. The number of carbonyl (C=O) groups excluding carboxylic acids is 1. The average molecular weight is 413 g/mol. The van der Waals surface area contributed by atoms with Crippen molar-refractivity contribution in [2.45, 2.75) is 6.92 Å². The minimum absolute atomic E-state index is 0.332. The lowest BCUT2D eigenvalue weighted by molar-refractivity contribution is 0.252. The zero-order chi connectivity index (χ0) is 20.8. The highest BCUT2D eigenvalue weighted by Gasteiger charge is 2.11. The maximum absolute atomic E-state index is 11.6. The number of pyridine rings is 2. The Morgan fingerprint density at radius 2 is 1.76 bits per heavy atom. The first kappa shape index (κ1) is 20.4. The monoisotopic (exact) mass is 412 g/mol. The van der Waals surface area contributed by atoms with E-state index in [2.05, 4.69) is 20.6 Å². The van der Waals surface area contributed by atoms with E-state index in [-0.39, 0.29) is 6.03 Å². The molecule has 3 aromatic rings. The summed E-state index contributed by atoms with van der Waals surface area (Å²) in [5.74, 6) is 1.66. The van der Waals surface area contributed by atoms with Crippen LogP contribution in [-0.2, 0) is 0 Å². The Balaban J connectivity index is 1.91. The lowest BCUT2D eigenvalue weighted by atomic mass is 10.0. The molecule has 1 aromatic carbocycles. The molecule has 0 saturated heterocycles. The van der Waals surface area contributed by atoms with Gasteiger partial charge in [0.05, 0.1) is 19.2 Å². The molecule has 29 heavy (non-hydrogen) atoms. The smallest absolute Gasteiger partial charge is 0.320 e. The van der Waals surface area contributed by atoms with E-state index in [1.165, 1.54) is 0 Å². The molecule has 0 unspecified atom stereocenters. The Morgan fingerprint density at radius 3 is 2.45 bits per heavy atom. The van der Waals surface area contributed by atoms with Gasteiger partial charge in [0.2, 0.25) is 0 Å². The summed E-state index contributed by atoms with van der Waals surface area (Å²) in [6, 6.07) is 8.90. The van der Waals surface area contributed by atoms with Gasteiger partial charge in [0.1, 0.15) is 5.82 Å². The van der Waals surface area contributed by atoms with Gasteiger partial charge in [0.15, 0.2) is 11.5 Å². The zero-order valence-electron chi connectivity index (χ0n) is 16.3. The first-order valence-corrected chi connectivity index (χ1v) is 9.31. The van der Waals surface area contributed by atoms with Crippen molar-refractivity contribution in [1.29, 1.82) is 0 Å². The summed E-state index contributed by atoms with van der Waals surface area (Å²) >= 11 is 6.43. The number of anilines is 1. The van der Waals surface area contributed by atoms with E-state index >= 15 is 0 Å². The molecule has 0 bridgehead atoms. The maximum Gasteiger partial charge on any atom is 0.320 e. The Hall–Kier alpha value is -3.32. The second-order valence-corrected chi connectivity index (χ2v) is 6.47.